The molecule has 33 heavy (non-hydrogen) atoms. The van der Waals surface area contributed by atoms with Crippen molar-refractivity contribution in [1.82, 2.24) is 18.7 Å². The number of benzene rings is 2. The van der Waals surface area contributed by atoms with Crippen LogP contribution in [0.1, 0.15) is 23.1 Å². The van der Waals surface area contributed by atoms with Crippen molar-refractivity contribution >= 4 is 18.4 Å². The summed E-state index contributed by atoms with van der Waals surface area (Å²) < 4.78 is 5.16. The number of rotatable bonds is 7. The molecule has 2 aromatic heterocycles. The molecular formula is C25H25N5O2S. The predicted molar refractivity (Wildman–Crippen MR) is 133 cm³/mol. The van der Waals surface area contributed by atoms with Gasteiger partial charge < -0.3 is 9.67 Å². The fourth-order valence-corrected chi connectivity index (χ4v) is 4.07. The van der Waals surface area contributed by atoms with Gasteiger partial charge in [-0.15, -0.1) is 0 Å². The Balaban J connectivity index is 1.83. The fraction of sp³-hybridized carbons (Fsp3) is 0.200. The van der Waals surface area contributed by atoms with Crippen LogP contribution in [0.25, 0.3) is 11.4 Å². The molecule has 8 heteroatoms. The van der Waals surface area contributed by atoms with Crippen molar-refractivity contribution < 1.29 is 5.11 Å². The van der Waals surface area contributed by atoms with Gasteiger partial charge in [-0.05, 0) is 55.7 Å². The molecule has 0 aliphatic carbocycles. The highest BCUT2D eigenvalue weighted by molar-refractivity contribution is 7.71. The van der Waals surface area contributed by atoms with Crippen LogP contribution in [-0.2, 0) is 6.54 Å². The lowest BCUT2D eigenvalue weighted by Crippen LogP contribution is -2.27. The van der Waals surface area contributed by atoms with E-state index in [4.69, 9.17) is 12.2 Å². The lowest BCUT2D eigenvalue weighted by molar-refractivity contribution is 0.429. The van der Waals surface area contributed by atoms with Crippen LogP contribution in [-0.4, -0.2) is 36.6 Å². The third kappa shape index (κ3) is 4.56. The molecule has 2 aromatic carbocycles. The number of hydrogen-bond acceptors (Lipinski definition) is 5. The van der Waals surface area contributed by atoms with Gasteiger partial charge in [0, 0.05) is 31.7 Å². The summed E-state index contributed by atoms with van der Waals surface area (Å²) in [6.45, 7) is 5.13. The molecule has 0 bridgehead atoms. The number of aromatic nitrogens is 4. The van der Waals surface area contributed by atoms with Crippen molar-refractivity contribution in [2.24, 2.45) is 4.99 Å². The van der Waals surface area contributed by atoms with E-state index in [0.29, 0.717) is 17.9 Å². The smallest absolute Gasteiger partial charge is 0.271 e. The minimum absolute atomic E-state index is 0.0951. The Hall–Kier alpha value is -3.78. The summed E-state index contributed by atoms with van der Waals surface area (Å²) in [5.74, 6) is -0.220. The zero-order valence-electron chi connectivity index (χ0n) is 18.5. The number of para-hydroxylation sites is 2. The van der Waals surface area contributed by atoms with Gasteiger partial charge in [-0.3, -0.25) is 18.9 Å². The first-order chi connectivity index (χ1) is 16.0. The summed E-state index contributed by atoms with van der Waals surface area (Å²) in [4.78, 5) is 22.0. The lowest BCUT2D eigenvalue weighted by atomic mass is 10.2. The van der Waals surface area contributed by atoms with Crippen LogP contribution in [0.5, 0.6) is 5.88 Å². The standard InChI is InChI=1S/C25H25N5O2S/c1-18-8-3-5-10-21(18)29-23(31)20(16-26-12-7-14-28-15-13-27-17-28)24(32)30(25(29)33)22-11-6-4-9-19(22)2/h3-6,8-11,13,15-17,31H,7,12,14H2,1-2H3. The van der Waals surface area contributed by atoms with Gasteiger partial charge >= 0.3 is 0 Å². The molecule has 0 spiro atoms. The van der Waals surface area contributed by atoms with Gasteiger partial charge in [0.25, 0.3) is 5.56 Å². The summed E-state index contributed by atoms with van der Waals surface area (Å²) in [5, 5.41) is 11.2. The first-order valence-electron chi connectivity index (χ1n) is 10.7. The van der Waals surface area contributed by atoms with Gasteiger partial charge in [-0.2, -0.15) is 0 Å². The molecule has 2 heterocycles. The number of aryl methyl sites for hydroxylation is 3. The molecule has 0 radical (unpaired) electrons. The molecule has 168 valence electrons. The minimum Gasteiger partial charge on any atom is -0.494 e. The molecular weight excluding hydrogens is 434 g/mol. The van der Waals surface area contributed by atoms with Crippen LogP contribution in [0.2, 0.25) is 0 Å². The van der Waals surface area contributed by atoms with E-state index < -0.39 is 5.56 Å². The lowest BCUT2D eigenvalue weighted by Gasteiger charge is -2.18. The Morgan fingerprint density at radius 2 is 1.67 bits per heavy atom. The van der Waals surface area contributed by atoms with Crippen molar-refractivity contribution in [1.29, 1.82) is 0 Å². The van der Waals surface area contributed by atoms with Crippen molar-refractivity contribution in [2.75, 3.05) is 6.54 Å². The SMILES string of the molecule is Cc1ccccc1-n1c(O)c(C=NCCCn2ccnc2)c(=O)n(-c2ccccc2C)c1=S. The maximum absolute atomic E-state index is 13.5. The van der Waals surface area contributed by atoms with Crippen molar-refractivity contribution in [2.45, 2.75) is 26.8 Å². The molecule has 0 aliphatic heterocycles. The highest BCUT2D eigenvalue weighted by atomic mass is 32.1. The Kier molecular flexibility index (Phi) is 6.65. The Morgan fingerprint density at radius 3 is 2.27 bits per heavy atom. The van der Waals surface area contributed by atoms with E-state index in [1.165, 1.54) is 15.3 Å². The normalized spacial score (nSPS) is 11.3. The Bertz CT molecular complexity index is 1420. The molecule has 0 amide bonds. The molecule has 0 saturated carbocycles. The molecule has 4 aromatic rings. The monoisotopic (exact) mass is 459 g/mol. The van der Waals surface area contributed by atoms with Crippen LogP contribution < -0.4 is 5.56 Å². The van der Waals surface area contributed by atoms with Crippen LogP contribution in [0, 0.1) is 18.6 Å². The quantitative estimate of drug-likeness (QED) is 0.253. The Labute approximate surface area is 197 Å². The second kappa shape index (κ2) is 9.79. The predicted octanol–water partition coefficient (Wildman–Crippen LogP) is 4.39. The number of aliphatic imine (C=N–C) groups is 1. The van der Waals surface area contributed by atoms with Gasteiger partial charge in [0.05, 0.1) is 17.7 Å². The fourth-order valence-electron chi connectivity index (χ4n) is 3.70. The Morgan fingerprint density at radius 1 is 1.03 bits per heavy atom. The van der Waals surface area contributed by atoms with E-state index in [2.05, 4.69) is 9.98 Å². The van der Waals surface area contributed by atoms with Crippen LogP contribution in [0.15, 0.2) is 77.0 Å². The van der Waals surface area contributed by atoms with E-state index in [9.17, 15) is 9.90 Å². The van der Waals surface area contributed by atoms with E-state index in [-0.39, 0.29) is 16.2 Å². The largest absolute Gasteiger partial charge is 0.494 e. The minimum atomic E-state index is -0.407. The van der Waals surface area contributed by atoms with Gasteiger partial charge in [-0.1, -0.05) is 36.4 Å². The molecule has 4 rings (SSSR count). The summed E-state index contributed by atoms with van der Waals surface area (Å²) in [6, 6.07) is 15.1. The topological polar surface area (TPSA) is 77.3 Å². The third-order valence-corrected chi connectivity index (χ3v) is 5.83. The summed E-state index contributed by atoms with van der Waals surface area (Å²) >= 11 is 5.72. The number of nitrogens with zero attached hydrogens (tertiary/aromatic N) is 5. The van der Waals surface area contributed by atoms with E-state index in [1.807, 2.05) is 73.1 Å². The maximum atomic E-state index is 13.5. The molecule has 0 saturated heterocycles. The van der Waals surface area contributed by atoms with E-state index in [0.717, 1.165) is 24.1 Å². The summed E-state index contributed by atoms with van der Waals surface area (Å²) in [6.07, 6.45) is 7.60. The molecule has 7 nitrogen and oxygen atoms in total. The van der Waals surface area contributed by atoms with Crippen LogP contribution in [0.3, 0.4) is 0 Å². The van der Waals surface area contributed by atoms with Crippen molar-refractivity contribution in [3.63, 3.8) is 0 Å². The summed E-state index contributed by atoms with van der Waals surface area (Å²) in [5.41, 5.74) is 2.88. The van der Waals surface area contributed by atoms with Gasteiger partial charge in [0.15, 0.2) is 4.77 Å². The summed E-state index contributed by atoms with van der Waals surface area (Å²) in [7, 11) is 0. The van der Waals surface area contributed by atoms with Crippen molar-refractivity contribution in [3.8, 4) is 17.3 Å². The average molecular weight is 460 g/mol. The highest BCUT2D eigenvalue weighted by Gasteiger charge is 2.19. The van der Waals surface area contributed by atoms with Crippen molar-refractivity contribution in [3.05, 3.63) is 99.1 Å². The molecule has 1 N–H and O–H groups in total. The van der Waals surface area contributed by atoms with Crippen LogP contribution in [0.4, 0.5) is 0 Å². The number of hydrogen-bond donors (Lipinski definition) is 1. The first kappa shape index (κ1) is 22.4. The molecule has 0 fully saturated rings. The maximum Gasteiger partial charge on any atom is 0.271 e. The van der Waals surface area contributed by atoms with Gasteiger partial charge in [0.2, 0.25) is 5.88 Å². The zero-order valence-corrected chi connectivity index (χ0v) is 19.4. The van der Waals surface area contributed by atoms with Gasteiger partial charge in [0.1, 0.15) is 5.56 Å². The number of imidazole rings is 1. The highest BCUT2D eigenvalue weighted by Crippen LogP contribution is 2.24. The van der Waals surface area contributed by atoms with Gasteiger partial charge in [-0.25, -0.2) is 4.98 Å². The first-order valence-corrected chi connectivity index (χ1v) is 11.1. The molecule has 0 aliphatic rings. The molecule has 0 atom stereocenters. The zero-order chi connectivity index (χ0) is 23.4. The second-order valence-corrected chi connectivity index (χ2v) is 8.12. The molecule has 0 unspecified atom stereocenters. The average Bonchev–Trinajstić information content (AvgIpc) is 3.32. The number of aromatic hydroxyl groups is 1. The third-order valence-electron chi connectivity index (χ3n) is 5.46. The van der Waals surface area contributed by atoms with E-state index >= 15 is 0 Å². The second-order valence-electron chi connectivity index (χ2n) is 7.76. The van der Waals surface area contributed by atoms with E-state index in [1.54, 1.807) is 12.5 Å². The van der Waals surface area contributed by atoms with Crippen LogP contribution >= 0.6 is 12.2 Å².